The molecule has 2 aromatic heterocycles. The fraction of sp³-hybridized carbons (Fsp3) is 0.467. The summed E-state index contributed by atoms with van der Waals surface area (Å²) in [7, 11) is 3.62. The van der Waals surface area contributed by atoms with E-state index in [2.05, 4.69) is 5.10 Å². The Morgan fingerprint density at radius 3 is 3.14 bits per heavy atom. The summed E-state index contributed by atoms with van der Waals surface area (Å²) in [6.07, 6.45) is 2.38. The van der Waals surface area contributed by atoms with Gasteiger partial charge in [0.1, 0.15) is 0 Å². The van der Waals surface area contributed by atoms with Crippen molar-refractivity contribution < 1.29 is 9.53 Å². The molecule has 0 aliphatic carbocycles. The Labute approximate surface area is 128 Å². The molecule has 0 saturated heterocycles. The van der Waals surface area contributed by atoms with Crippen LogP contribution in [0, 0.1) is 0 Å². The number of amides is 1. The van der Waals surface area contributed by atoms with E-state index in [1.165, 1.54) is 5.56 Å². The van der Waals surface area contributed by atoms with Crippen LogP contribution in [0.15, 0.2) is 23.7 Å². The SMILES string of the molecule is COCC1CN(C(=O)Cc2cccs2)Cc2c1cnn2C. The number of hydrogen-bond acceptors (Lipinski definition) is 4. The maximum atomic E-state index is 12.5. The van der Waals surface area contributed by atoms with E-state index in [0.717, 1.165) is 10.6 Å². The summed E-state index contributed by atoms with van der Waals surface area (Å²) < 4.78 is 7.17. The molecule has 1 unspecified atom stereocenters. The first-order valence-corrected chi connectivity index (χ1v) is 7.87. The van der Waals surface area contributed by atoms with Gasteiger partial charge in [-0.3, -0.25) is 9.48 Å². The van der Waals surface area contributed by atoms with Gasteiger partial charge >= 0.3 is 0 Å². The van der Waals surface area contributed by atoms with Crippen LogP contribution in [0.25, 0.3) is 0 Å². The Bertz CT molecular complexity index is 621. The van der Waals surface area contributed by atoms with Crippen LogP contribution in [0.4, 0.5) is 0 Å². The number of nitrogens with zero attached hydrogens (tertiary/aromatic N) is 3. The summed E-state index contributed by atoms with van der Waals surface area (Å²) in [5.74, 6) is 0.380. The zero-order valence-electron chi connectivity index (χ0n) is 12.3. The van der Waals surface area contributed by atoms with Crippen LogP contribution < -0.4 is 0 Å². The predicted molar refractivity (Wildman–Crippen MR) is 81.3 cm³/mol. The highest BCUT2D eigenvalue weighted by Crippen LogP contribution is 2.28. The van der Waals surface area contributed by atoms with Crippen molar-refractivity contribution in [1.29, 1.82) is 0 Å². The fourth-order valence-electron chi connectivity index (χ4n) is 2.83. The standard InChI is InChI=1S/C15H19N3O2S/c1-17-14-9-18(15(19)6-12-4-3-5-21-12)8-11(10-20-2)13(14)7-16-17/h3-5,7,11H,6,8-10H2,1-2H3. The molecule has 0 spiro atoms. The van der Waals surface area contributed by atoms with Gasteiger partial charge in [0.2, 0.25) is 5.91 Å². The zero-order chi connectivity index (χ0) is 14.8. The third-order valence-corrected chi connectivity index (χ3v) is 4.82. The number of carbonyl (C=O) groups excluding carboxylic acids is 1. The van der Waals surface area contributed by atoms with Crippen molar-refractivity contribution in [2.24, 2.45) is 7.05 Å². The molecule has 0 radical (unpaired) electrons. The maximum absolute atomic E-state index is 12.5. The average Bonchev–Trinajstić information content (AvgIpc) is 3.10. The Morgan fingerprint density at radius 1 is 1.57 bits per heavy atom. The third-order valence-electron chi connectivity index (χ3n) is 3.94. The summed E-state index contributed by atoms with van der Waals surface area (Å²) in [6.45, 7) is 1.95. The number of thiophene rings is 1. The number of ether oxygens (including phenoxy) is 1. The third kappa shape index (κ3) is 2.87. The van der Waals surface area contributed by atoms with Crippen molar-refractivity contribution in [3.63, 3.8) is 0 Å². The second-order valence-electron chi connectivity index (χ2n) is 5.35. The smallest absolute Gasteiger partial charge is 0.228 e. The van der Waals surface area contributed by atoms with Gasteiger partial charge in [0.05, 0.1) is 31.5 Å². The second kappa shape index (κ2) is 5.99. The van der Waals surface area contributed by atoms with Gasteiger partial charge in [-0.2, -0.15) is 5.10 Å². The van der Waals surface area contributed by atoms with Crippen LogP contribution in [0.1, 0.15) is 22.1 Å². The number of carbonyl (C=O) groups is 1. The van der Waals surface area contributed by atoms with E-state index in [1.54, 1.807) is 18.4 Å². The molecule has 0 aromatic carbocycles. The first-order chi connectivity index (χ1) is 10.2. The summed E-state index contributed by atoms with van der Waals surface area (Å²) in [5.41, 5.74) is 2.32. The highest BCUT2D eigenvalue weighted by molar-refractivity contribution is 7.10. The molecule has 1 aliphatic heterocycles. The van der Waals surface area contributed by atoms with Crippen molar-refractivity contribution >= 4 is 17.2 Å². The predicted octanol–water partition coefficient (Wildman–Crippen LogP) is 1.80. The maximum Gasteiger partial charge on any atom is 0.228 e. The second-order valence-corrected chi connectivity index (χ2v) is 6.39. The van der Waals surface area contributed by atoms with Crippen molar-refractivity contribution in [3.8, 4) is 0 Å². The van der Waals surface area contributed by atoms with Crippen LogP contribution in [0.3, 0.4) is 0 Å². The molecule has 1 aliphatic rings. The lowest BCUT2D eigenvalue weighted by Crippen LogP contribution is -2.40. The molecule has 0 N–H and O–H groups in total. The molecule has 0 saturated carbocycles. The highest BCUT2D eigenvalue weighted by atomic mass is 32.1. The molecule has 6 heteroatoms. The van der Waals surface area contributed by atoms with E-state index in [-0.39, 0.29) is 11.8 Å². The Balaban J connectivity index is 1.78. The summed E-state index contributed by atoms with van der Waals surface area (Å²) in [4.78, 5) is 15.6. The fourth-order valence-corrected chi connectivity index (χ4v) is 3.53. The monoisotopic (exact) mass is 305 g/mol. The molecular formula is C15H19N3O2S. The molecule has 0 bridgehead atoms. The first-order valence-electron chi connectivity index (χ1n) is 6.99. The number of rotatable bonds is 4. The van der Waals surface area contributed by atoms with Gasteiger partial charge in [0.15, 0.2) is 0 Å². The number of hydrogen-bond donors (Lipinski definition) is 0. The van der Waals surface area contributed by atoms with Gasteiger partial charge in [0, 0.05) is 37.1 Å². The minimum Gasteiger partial charge on any atom is -0.384 e. The number of methoxy groups -OCH3 is 1. The van der Waals surface area contributed by atoms with Gasteiger partial charge in [-0.05, 0) is 11.4 Å². The van der Waals surface area contributed by atoms with Crippen LogP contribution >= 0.6 is 11.3 Å². The number of fused-ring (bicyclic) bond motifs is 1. The van der Waals surface area contributed by atoms with E-state index in [0.29, 0.717) is 26.1 Å². The van der Waals surface area contributed by atoms with E-state index in [4.69, 9.17) is 4.74 Å². The van der Waals surface area contributed by atoms with Crippen molar-refractivity contribution in [3.05, 3.63) is 39.8 Å². The Kier molecular flexibility index (Phi) is 4.07. The molecule has 5 nitrogen and oxygen atoms in total. The quantitative estimate of drug-likeness (QED) is 0.865. The zero-order valence-corrected chi connectivity index (χ0v) is 13.1. The van der Waals surface area contributed by atoms with Crippen LogP contribution in [-0.4, -0.2) is 40.8 Å². The normalized spacial score (nSPS) is 17.8. The van der Waals surface area contributed by atoms with Crippen LogP contribution in [-0.2, 0) is 29.5 Å². The lowest BCUT2D eigenvalue weighted by Gasteiger charge is -2.32. The Morgan fingerprint density at radius 2 is 2.43 bits per heavy atom. The van der Waals surface area contributed by atoms with Gasteiger partial charge in [-0.25, -0.2) is 0 Å². The topological polar surface area (TPSA) is 47.4 Å². The van der Waals surface area contributed by atoms with Gasteiger partial charge in [-0.15, -0.1) is 11.3 Å². The summed E-state index contributed by atoms with van der Waals surface area (Å²) in [5, 5.41) is 6.33. The largest absolute Gasteiger partial charge is 0.384 e. The lowest BCUT2D eigenvalue weighted by molar-refractivity contribution is -0.132. The van der Waals surface area contributed by atoms with Crippen molar-refractivity contribution in [2.75, 3.05) is 20.3 Å². The van der Waals surface area contributed by atoms with Crippen LogP contribution in [0.5, 0.6) is 0 Å². The van der Waals surface area contributed by atoms with Gasteiger partial charge in [0.25, 0.3) is 0 Å². The molecule has 1 atom stereocenters. The molecular weight excluding hydrogens is 286 g/mol. The highest BCUT2D eigenvalue weighted by Gasteiger charge is 2.30. The molecule has 3 heterocycles. The molecule has 0 fully saturated rings. The summed E-state index contributed by atoms with van der Waals surface area (Å²) >= 11 is 1.63. The molecule has 112 valence electrons. The first kappa shape index (κ1) is 14.3. The summed E-state index contributed by atoms with van der Waals surface area (Å²) in [6, 6.07) is 3.99. The lowest BCUT2D eigenvalue weighted by atomic mass is 9.95. The van der Waals surface area contributed by atoms with Gasteiger partial charge in [-0.1, -0.05) is 6.07 Å². The van der Waals surface area contributed by atoms with Crippen molar-refractivity contribution in [1.82, 2.24) is 14.7 Å². The van der Waals surface area contributed by atoms with E-state index in [9.17, 15) is 4.79 Å². The molecule has 1 amide bonds. The van der Waals surface area contributed by atoms with Gasteiger partial charge < -0.3 is 9.64 Å². The number of aromatic nitrogens is 2. The number of aryl methyl sites for hydroxylation is 1. The van der Waals surface area contributed by atoms with Crippen LogP contribution in [0.2, 0.25) is 0 Å². The van der Waals surface area contributed by atoms with Crippen molar-refractivity contribution in [2.45, 2.75) is 18.9 Å². The molecule has 21 heavy (non-hydrogen) atoms. The van der Waals surface area contributed by atoms with E-state index < -0.39 is 0 Å². The minimum atomic E-state index is 0.172. The van der Waals surface area contributed by atoms with E-state index >= 15 is 0 Å². The molecule has 2 aromatic rings. The van der Waals surface area contributed by atoms with E-state index in [1.807, 2.05) is 40.3 Å². The molecule has 3 rings (SSSR count). The average molecular weight is 305 g/mol. The Hall–Kier alpha value is -1.66. The minimum absolute atomic E-state index is 0.172.